The fourth-order valence-corrected chi connectivity index (χ4v) is 8.50. The molecule has 0 amide bonds. The molecule has 0 radical (unpaired) electrons. The van der Waals surface area contributed by atoms with E-state index < -0.39 is 11.9 Å². The van der Waals surface area contributed by atoms with Crippen LogP contribution in [0.15, 0.2) is 0 Å². The Labute approximate surface area is 310 Å². The molecule has 0 aromatic heterocycles. The number of esters is 2. The van der Waals surface area contributed by atoms with Crippen molar-refractivity contribution in [1.29, 1.82) is 0 Å². The van der Waals surface area contributed by atoms with Gasteiger partial charge in [-0.15, -0.1) is 0 Å². The Bertz CT molecular complexity index is 1050. The zero-order valence-corrected chi connectivity index (χ0v) is 34.4. The first-order chi connectivity index (χ1) is 23.5. The van der Waals surface area contributed by atoms with E-state index in [0.29, 0.717) is 18.8 Å². The van der Waals surface area contributed by atoms with Crippen LogP contribution in [0.2, 0.25) is 0 Å². The molecule has 0 saturated carbocycles. The van der Waals surface area contributed by atoms with Crippen LogP contribution in [0, 0.1) is 11.8 Å². The maximum absolute atomic E-state index is 12.1. The van der Waals surface area contributed by atoms with Crippen molar-refractivity contribution in [2.24, 2.45) is 11.8 Å². The second-order valence-electron chi connectivity index (χ2n) is 18.0. The minimum absolute atomic E-state index is 0.00437. The number of rotatable bonds is 20. The van der Waals surface area contributed by atoms with Gasteiger partial charge in [0.2, 0.25) is 0 Å². The summed E-state index contributed by atoms with van der Waals surface area (Å²) in [6.45, 7) is 17.9. The molecule has 0 aromatic rings. The molecule has 1 atom stereocenters. The standard InChI is InChI=1S/C21H39NO4.C20H37NO4/c1-20(2)14-17(15-21(3,4)22(20)5)16(13-18(23)24)11-9-7-8-10-12-19(25)26-6;1-19(2)14-16(15-20(3,4)21(19)5)25-18(24)13-11-9-7-6-8-10-12-17(22)23/h16-17H,7-15H2,1-6H3,(H,23,24);16H,6-15H2,1-5H3,(H,22,23). The zero-order chi connectivity index (χ0) is 39.0. The molecule has 0 spiro atoms. The first kappa shape index (κ1) is 46.8. The maximum Gasteiger partial charge on any atom is 0.306 e. The summed E-state index contributed by atoms with van der Waals surface area (Å²) in [6.07, 6.45) is 15.9. The summed E-state index contributed by atoms with van der Waals surface area (Å²) in [5, 5.41) is 18.0. The highest BCUT2D eigenvalue weighted by molar-refractivity contribution is 5.69. The van der Waals surface area contributed by atoms with Crippen molar-refractivity contribution in [1.82, 2.24) is 9.80 Å². The van der Waals surface area contributed by atoms with E-state index in [2.05, 4.69) is 84.0 Å². The van der Waals surface area contributed by atoms with Gasteiger partial charge in [0, 0.05) is 60.7 Å². The number of aliphatic carboxylic acids is 2. The lowest BCUT2D eigenvalue weighted by Gasteiger charge is -2.55. The Balaban J connectivity index is 0.000000510. The van der Waals surface area contributed by atoms with Crippen molar-refractivity contribution in [3.05, 3.63) is 0 Å². The highest BCUT2D eigenvalue weighted by Gasteiger charge is 2.46. The highest BCUT2D eigenvalue weighted by Crippen LogP contribution is 2.45. The number of ether oxygens (including phenoxy) is 2. The van der Waals surface area contributed by atoms with Gasteiger partial charge in [-0.1, -0.05) is 44.9 Å². The Morgan fingerprint density at radius 3 is 1.41 bits per heavy atom. The van der Waals surface area contributed by atoms with Crippen LogP contribution in [0.3, 0.4) is 0 Å². The first-order valence-electron chi connectivity index (χ1n) is 19.7. The third kappa shape index (κ3) is 17.5. The molecule has 2 fully saturated rings. The summed E-state index contributed by atoms with van der Waals surface area (Å²) in [5.74, 6) is -0.947. The van der Waals surface area contributed by atoms with Crippen LogP contribution in [-0.4, -0.2) is 93.4 Å². The largest absolute Gasteiger partial charge is 0.481 e. The number of hydrogen-bond acceptors (Lipinski definition) is 8. The van der Waals surface area contributed by atoms with Gasteiger partial charge in [0.15, 0.2) is 0 Å². The van der Waals surface area contributed by atoms with E-state index in [1.807, 2.05) is 0 Å². The monoisotopic (exact) mass is 725 g/mol. The average molecular weight is 725 g/mol. The fraction of sp³-hybridized carbons (Fsp3) is 0.902. The van der Waals surface area contributed by atoms with E-state index in [-0.39, 0.29) is 59.0 Å². The number of hydrogen-bond donors (Lipinski definition) is 2. The van der Waals surface area contributed by atoms with Crippen molar-refractivity contribution in [3.63, 3.8) is 0 Å². The Morgan fingerprint density at radius 1 is 0.588 bits per heavy atom. The van der Waals surface area contributed by atoms with Crippen LogP contribution in [-0.2, 0) is 28.7 Å². The van der Waals surface area contributed by atoms with Crippen LogP contribution in [0.25, 0.3) is 0 Å². The summed E-state index contributed by atoms with van der Waals surface area (Å²) >= 11 is 0. The second kappa shape index (κ2) is 21.5. The molecule has 2 saturated heterocycles. The second-order valence-corrected chi connectivity index (χ2v) is 18.0. The number of nitrogens with zero attached hydrogens (tertiary/aromatic N) is 2. The van der Waals surface area contributed by atoms with Crippen LogP contribution in [0.4, 0.5) is 0 Å². The molecule has 0 bridgehead atoms. The van der Waals surface area contributed by atoms with E-state index >= 15 is 0 Å². The molecule has 0 aliphatic carbocycles. The number of carboxylic acids is 2. The van der Waals surface area contributed by atoms with E-state index in [4.69, 9.17) is 9.84 Å². The summed E-state index contributed by atoms with van der Waals surface area (Å²) in [4.78, 5) is 49.9. The lowest BCUT2D eigenvalue weighted by molar-refractivity contribution is -0.159. The molecule has 2 N–H and O–H groups in total. The van der Waals surface area contributed by atoms with Crippen molar-refractivity contribution in [3.8, 4) is 0 Å². The van der Waals surface area contributed by atoms with Crippen molar-refractivity contribution in [2.75, 3.05) is 21.2 Å². The maximum atomic E-state index is 12.1. The number of carboxylic acid groups (broad SMARTS) is 2. The molecular formula is C41H76N2O8. The summed E-state index contributed by atoms with van der Waals surface area (Å²) in [6, 6.07) is 0. The van der Waals surface area contributed by atoms with Crippen LogP contribution in [0.5, 0.6) is 0 Å². The lowest BCUT2D eigenvalue weighted by atomic mass is 9.67. The molecule has 1 unspecified atom stereocenters. The predicted octanol–water partition coefficient (Wildman–Crippen LogP) is 8.88. The van der Waals surface area contributed by atoms with Gasteiger partial charge in [-0.05, 0) is 120 Å². The minimum Gasteiger partial charge on any atom is -0.481 e. The number of carbonyl (C=O) groups excluding carboxylic acids is 2. The normalized spacial score (nSPS) is 20.8. The van der Waals surface area contributed by atoms with Gasteiger partial charge in [0.25, 0.3) is 0 Å². The van der Waals surface area contributed by atoms with E-state index in [0.717, 1.165) is 96.3 Å². The summed E-state index contributed by atoms with van der Waals surface area (Å²) in [7, 11) is 5.75. The van der Waals surface area contributed by atoms with Crippen LogP contribution in [0.1, 0.15) is 177 Å². The zero-order valence-electron chi connectivity index (χ0n) is 34.4. The molecule has 10 nitrogen and oxygen atoms in total. The first-order valence-corrected chi connectivity index (χ1v) is 19.7. The summed E-state index contributed by atoms with van der Waals surface area (Å²) in [5.41, 5.74) is 0.235. The van der Waals surface area contributed by atoms with Gasteiger partial charge >= 0.3 is 23.9 Å². The lowest BCUT2D eigenvalue weighted by Crippen LogP contribution is -2.60. The molecule has 2 aliphatic heterocycles. The van der Waals surface area contributed by atoms with Crippen molar-refractivity contribution < 1.29 is 38.9 Å². The molecule has 2 rings (SSSR count). The molecule has 2 heterocycles. The fourth-order valence-electron chi connectivity index (χ4n) is 8.50. The minimum atomic E-state index is -0.719. The SMILES string of the molecule is CN1C(C)(C)CC(OC(=O)CCCCCCCCC(=O)O)CC1(C)C.COC(=O)CCCCCCC(CC(=O)O)C1CC(C)(C)N(C)C(C)(C)C1. The van der Waals surface area contributed by atoms with Crippen molar-refractivity contribution in [2.45, 2.75) is 206 Å². The smallest absolute Gasteiger partial charge is 0.306 e. The Kier molecular flexibility index (Phi) is 19.7. The number of unbranched alkanes of at least 4 members (excludes halogenated alkanes) is 8. The molecule has 0 aromatic carbocycles. The van der Waals surface area contributed by atoms with Gasteiger partial charge in [0.05, 0.1) is 7.11 Å². The quantitative estimate of drug-likeness (QED) is 0.0926. The van der Waals surface area contributed by atoms with Crippen molar-refractivity contribution >= 4 is 23.9 Å². The molecule has 10 heteroatoms. The van der Waals surface area contributed by atoms with E-state index in [1.54, 1.807) is 0 Å². The van der Waals surface area contributed by atoms with Gasteiger partial charge in [-0.2, -0.15) is 0 Å². The highest BCUT2D eigenvalue weighted by atomic mass is 16.5. The van der Waals surface area contributed by atoms with Crippen LogP contribution < -0.4 is 0 Å². The van der Waals surface area contributed by atoms with Gasteiger partial charge < -0.3 is 19.7 Å². The average Bonchev–Trinajstić information content (AvgIpc) is 3.00. The predicted molar refractivity (Wildman–Crippen MR) is 204 cm³/mol. The van der Waals surface area contributed by atoms with Gasteiger partial charge in [0.1, 0.15) is 6.10 Å². The molecule has 298 valence electrons. The van der Waals surface area contributed by atoms with Gasteiger partial charge in [-0.25, -0.2) is 0 Å². The van der Waals surface area contributed by atoms with Crippen LogP contribution >= 0.6 is 0 Å². The topological polar surface area (TPSA) is 134 Å². The number of carbonyl (C=O) groups is 4. The summed E-state index contributed by atoms with van der Waals surface area (Å²) < 4.78 is 10.4. The third-order valence-electron chi connectivity index (χ3n) is 12.0. The molecule has 2 aliphatic rings. The third-order valence-corrected chi connectivity index (χ3v) is 12.0. The van der Waals surface area contributed by atoms with E-state index in [9.17, 15) is 24.3 Å². The molecular weight excluding hydrogens is 648 g/mol. The number of likely N-dealkylation sites (tertiary alicyclic amines) is 2. The van der Waals surface area contributed by atoms with E-state index in [1.165, 1.54) is 7.11 Å². The Morgan fingerprint density at radius 2 is 0.980 bits per heavy atom. The molecule has 51 heavy (non-hydrogen) atoms. The Hall–Kier alpha value is -2.20. The number of methoxy groups -OCH3 is 1. The number of piperidine rings is 2. The van der Waals surface area contributed by atoms with Gasteiger partial charge in [-0.3, -0.25) is 29.0 Å².